The first-order valence-corrected chi connectivity index (χ1v) is 5.10. The number of nitrogens with two attached hydrogens (primary N) is 1. The fraction of sp³-hybridized carbons (Fsp3) is 0.600. The topological polar surface area (TPSA) is 63.8 Å². The molecule has 3 N–H and O–H groups in total. The lowest BCUT2D eigenvalue weighted by Gasteiger charge is -2.17. The van der Waals surface area contributed by atoms with E-state index in [1.807, 2.05) is 0 Å². The molecule has 1 aromatic rings. The van der Waals surface area contributed by atoms with Crippen LogP contribution in [0.1, 0.15) is 26.2 Å². The molecule has 0 spiro atoms. The standard InChI is InChI=1S/C10H16N4/c1-7-3-2-4-8(7)14-10-6-12-9(11)5-13-10/h5-8H,2-4H2,1H3,(H2,11,12)(H,13,14). The molecule has 1 aromatic heterocycles. The van der Waals surface area contributed by atoms with E-state index in [0.717, 1.165) is 11.7 Å². The van der Waals surface area contributed by atoms with E-state index in [0.29, 0.717) is 11.9 Å². The average Bonchev–Trinajstić information content (AvgIpc) is 2.56. The van der Waals surface area contributed by atoms with Gasteiger partial charge >= 0.3 is 0 Å². The van der Waals surface area contributed by atoms with Gasteiger partial charge in [0.05, 0.1) is 12.4 Å². The highest BCUT2D eigenvalue weighted by atomic mass is 15.0. The van der Waals surface area contributed by atoms with Crippen LogP contribution < -0.4 is 11.1 Å². The Morgan fingerprint density at radius 1 is 1.36 bits per heavy atom. The zero-order chi connectivity index (χ0) is 9.97. The Balaban J connectivity index is 2.00. The highest BCUT2D eigenvalue weighted by Crippen LogP contribution is 2.27. The summed E-state index contributed by atoms with van der Waals surface area (Å²) in [5, 5.41) is 3.39. The first-order chi connectivity index (χ1) is 6.75. The lowest BCUT2D eigenvalue weighted by molar-refractivity contribution is 0.554. The zero-order valence-corrected chi connectivity index (χ0v) is 8.40. The van der Waals surface area contributed by atoms with E-state index in [2.05, 4.69) is 22.2 Å². The summed E-state index contributed by atoms with van der Waals surface area (Å²) in [6.07, 6.45) is 7.12. The molecule has 76 valence electrons. The summed E-state index contributed by atoms with van der Waals surface area (Å²) in [5.74, 6) is 2.03. The molecule has 1 aliphatic carbocycles. The van der Waals surface area contributed by atoms with Crippen molar-refractivity contribution in [2.45, 2.75) is 32.2 Å². The van der Waals surface area contributed by atoms with Crippen molar-refractivity contribution in [1.82, 2.24) is 9.97 Å². The maximum atomic E-state index is 5.46. The monoisotopic (exact) mass is 192 g/mol. The molecule has 4 heteroatoms. The summed E-state index contributed by atoms with van der Waals surface area (Å²) >= 11 is 0. The van der Waals surface area contributed by atoms with Gasteiger partial charge in [-0.3, -0.25) is 0 Å². The van der Waals surface area contributed by atoms with E-state index in [1.165, 1.54) is 19.3 Å². The van der Waals surface area contributed by atoms with Crippen LogP contribution in [-0.4, -0.2) is 16.0 Å². The maximum Gasteiger partial charge on any atom is 0.144 e. The van der Waals surface area contributed by atoms with Crippen molar-refractivity contribution in [2.75, 3.05) is 11.1 Å². The predicted molar refractivity (Wildman–Crippen MR) is 56.9 cm³/mol. The Labute approximate surface area is 83.9 Å². The Bertz CT molecular complexity index is 295. The molecule has 2 atom stereocenters. The number of hydrogen-bond acceptors (Lipinski definition) is 4. The van der Waals surface area contributed by atoms with Crippen LogP contribution in [0.15, 0.2) is 12.4 Å². The Kier molecular flexibility index (Phi) is 2.52. The molecular weight excluding hydrogens is 176 g/mol. The summed E-state index contributed by atoms with van der Waals surface area (Å²) in [4.78, 5) is 8.18. The second-order valence-electron chi connectivity index (χ2n) is 3.99. The van der Waals surface area contributed by atoms with Gasteiger partial charge in [0.2, 0.25) is 0 Å². The maximum absolute atomic E-state index is 5.46. The Hall–Kier alpha value is -1.32. The molecule has 0 bridgehead atoms. The number of rotatable bonds is 2. The molecule has 4 nitrogen and oxygen atoms in total. The van der Waals surface area contributed by atoms with Gasteiger partial charge in [-0.05, 0) is 18.8 Å². The molecular formula is C10H16N4. The third-order valence-electron chi connectivity index (χ3n) is 2.87. The van der Waals surface area contributed by atoms with E-state index < -0.39 is 0 Å². The van der Waals surface area contributed by atoms with Crippen LogP contribution in [0.2, 0.25) is 0 Å². The van der Waals surface area contributed by atoms with Crippen molar-refractivity contribution in [3.05, 3.63) is 12.4 Å². The van der Waals surface area contributed by atoms with Gasteiger partial charge in [0.15, 0.2) is 0 Å². The minimum atomic E-state index is 0.468. The number of nitrogen functional groups attached to an aromatic ring is 1. The van der Waals surface area contributed by atoms with Crippen molar-refractivity contribution in [2.24, 2.45) is 5.92 Å². The highest BCUT2D eigenvalue weighted by Gasteiger charge is 2.23. The number of hydrogen-bond donors (Lipinski definition) is 2. The summed E-state index contributed by atoms with van der Waals surface area (Å²) in [5.41, 5.74) is 5.46. The van der Waals surface area contributed by atoms with Crippen LogP contribution in [0, 0.1) is 5.92 Å². The molecule has 2 rings (SSSR count). The van der Waals surface area contributed by atoms with Crippen molar-refractivity contribution in [3.8, 4) is 0 Å². The molecule has 1 fully saturated rings. The van der Waals surface area contributed by atoms with Crippen LogP contribution in [0.25, 0.3) is 0 Å². The molecule has 1 heterocycles. The Morgan fingerprint density at radius 3 is 2.79 bits per heavy atom. The van der Waals surface area contributed by atoms with Crippen molar-refractivity contribution < 1.29 is 0 Å². The zero-order valence-electron chi connectivity index (χ0n) is 8.40. The molecule has 2 unspecified atom stereocenters. The van der Waals surface area contributed by atoms with E-state index in [9.17, 15) is 0 Å². The van der Waals surface area contributed by atoms with Gasteiger partial charge in [-0.2, -0.15) is 0 Å². The first-order valence-electron chi connectivity index (χ1n) is 5.10. The fourth-order valence-electron chi connectivity index (χ4n) is 1.96. The van der Waals surface area contributed by atoms with Crippen molar-refractivity contribution in [1.29, 1.82) is 0 Å². The van der Waals surface area contributed by atoms with E-state index >= 15 is 0 Å². The van der Waals surface area contributed by atoms with Crippen LogP contribution in [0.3, 0.4) is 0 Å². The number of aromatic nitrogens is 2. The lowest BCUT2D eigenvalue weighted by Crippen LogP contribution is -2.22. The van der Waals surface area contributed by atoms with Crippen LogP contribution in [-0.2, 0) is 0 Å². The molecule has 0 aliphatic heterocycles. The molecule has 14 heavy (non-hydrogen) atoms. The van der Waals surface area contributed by atoms with Gasteiger partial charge in [0.1, 0.15) is 11.6 Å². The average molecular weight is 192 g/mol. The SMILES string of the molecule is CC1CCCC1Nc1cnc(N)cn1. The van der Waals surface area contributed by atoms with Gasteiger partial charge in [-0.25, -0.2) is 9.97 Å². The minimum Gasteiger partial charge on any atom is -0.382 e. The van der Waals surface area contributed by atoms with Gasteiger partial charge in [-0.15, -0.1) is 0 Å². The van der Waals surface area contributed by atoms with Gasteiger partial charge in [-0.1, -0.05) is 13.3 Å². The molecule has 0 aromatic carbocycles. The van der Waals surface area contributed by atoms with Crippen LogP contribution in [0.5, 0.6) is 0 Å². The third kappa shape index (κ3) is 1.95. The molecule has 1 aliphatic rings. The quantitative estimate of drug-likeness (QED) is 0.748. The number of nitrogens with one attached hydrogen (secondary N) is 1. The number of anilines is 2. The fourth-order valence-corrected chi connectivity index (χ4v) is 1.96. The summed E-state index contributed by atoms with van der Waals surface area (Å²) in [6, 6.07) is 0.549. The summed E-state index contributed by atoms with van der Waals surface area (Å²) < 4.78 is 0. The van der Waals surface area contributed by atoms with Crippen molar-refractivity contribution in [3.63, 3.8) is 0 Å². The van der Waals surface area contributed by atoms with Crippen LogP contribution in [0.4, 0.5) is 11.6 Å². The van der Waals surface area contributed by atoms with E-state index in [1.54, 1.807) is 12.4 Å². The predicted octanol–water partition coefficient (Wildman–Crippen LogP) is 1.66. The molecule has 0 amide bonds. The van der Waals surface area contributed by atoms with Gasteiger partial charge < -0.3 is 11.1 Å². The first kappa shape index (κ1) is 9.24. The second kappa shape index (κ2) is 3.82. The van der Waals surface area contributed by atoms with Gasteiger partial charge in [0.25, 0.3) is 0 Å². The second-order valence-corrected chi connectivity index (χ2v) is 3.99. The molecule has 0 radical (unpaired) electrons. The van der Waals surface area contributed by atoms with Gasteiger partial charge in [0, 0.05) is 6.04 Å². The smallest absolute Gasteiger partial charge is 0.144 e. The molecule has 1 saturated carbocycles. The largest absolute Gasteiger partial charge is 0.382 e. The minimum absolute atomic E-state index is 0.468. The summed E-state index contributed by atoms with van der Waals surface area (Å²) in [7, 11) is 0. The van der Waals surface area contributed by atoms with Crippen molar-refractivity contribution >= 4 is 11.6 Å². The normalized spacial score (nSPS) is 26.4. The Morgan fingerprint density at radius 2 is 2.21 bits per heavy atom. The van der Waals surface area contributed by atoms with E-state index in [4.69, 9.17) is 5.73 Å². The lowest BCUT2D eigenvalue weighted by atomic mass is 10.1. The number of nitrogens with zero attached hydrogens (tertiary/aromatic N) is 2. The van der Waals surface area contributed by atoms with E-state index in [-0.39, 0.29) is 0 Å². The van der Waals surface area contributed by atoms with Crippen LogP contribution >= 0.6 is 0 Å². The molecule has 0 saturated heterocycles. The third-order valence-corrected chi connectivity index (χ3v) is 2.87. The highest BCUT2D eigenvalue weighted by molar-refractivity contribution is 5.37. The summed E-state index contributed by atoms with van der Waals surface area (Å²) in [6.45, 7) is 2.27.